The molecule has 2 N–H and O–H groups in total. The Balaban J connectivity index is 2.54. The Morgan fingerprint density at radius 3 is 2.77 bits per heavy atom. The lowest BCUT2D eigenvalue weighted by molar-refractivity contribution is -0.153. The van der Waals surface area contributed by atoms with Gasteiger partial charge in [0.05, 0.1) is 12.5 Å². The van der Waals surface area contributed by atoms with Gasteiger partial charge in [0.25, 0.3) is 0 Å². The van der Waals surface area contributed by atoms with E-state index in [1.165, 1.54) is 13.0 Å². The molecule has 26 heavy (non-hydrogen) atoms. The zero-order valence-corrected chi connectivity index (χ0v) is 14.5. The van der Waals surface area contributed by atoms with Crippen LogP contribution < -0.4 is 0 Å². The molecule has 1 heterocycles. The summed E-state index contributed by atoms with van der Waals surface area (Å²) in [6, 6.07) is 0. The highest BCUT2D eigenvalue weighted by Crippen LogP contribution is 2.36. The Morgan fingerprint density at radius 2 is 2.19 bits per heavy atom. The maximum Gasteiger partial charge on any atom is 0.334 e. The molecule has 2 aliphatic rings. The SMILES string of the molecule is C=C(C)C(=O)O[C@H]1[C@H]2C(=C)C(=O)O[C@@H]2C=C(CO)CC/C=C(/C=O)[C@H]1O. The van der Waals surface area contributed by atoms with Gasteiger partial charge in [0.2, 0.25) is 0 Å². The minimum Gasteiger partial charge on any atom is -0.455 e. The molecule has 0 amide bonds. The smallest absolute Gasteiger partial charge is 0.334 e. The minimum atomic E-state index is -1.46. The molecule has 0 spiro atoms. The molecule has 1 saturated heterocycles. The summed E-state index contributed by atoms with van der Waals surface area (Å²) in [6.45, 7) is 8.37. The molecule has 0 radical (unpaired) electrons. The number of hydrogen-bond acceptors (Lipinski definition) is 7. The molecule has 0 unspecified atom stereocenters. The van der Waals surface area contributed by atoms with E-state index >= 15 is 0 Å². The first-order chi connectivity index (χ1) is 12.3. The molecule has 0 bridgehead atoms. The largest absolute Gasteiger partial charge is 0.455 e. The topological polar surface area (TPSA) is 110 Å². The van der Waals surface area contributed by atoms with Gasteiger partial charge < -0.3 is 19.7 Å². The van der Waals surface area contributed by atoms with Crippen molar-refractivity contribution in [2.24, 2.45) is 5.92 Å². The van der Waals surface area contributed by atoms with E-state index in [1.807, 2.05) is 0 Å². The summed E-state index contributed by atoms with van der Waals surface area (Å²) in [6.07, 6.45) is 0.770. The van der Waals surface area contributed by atoms with Crippen LogP contribution in [0, 0.1) is 5.92 Å². The van der Waals surface area contributed by atoms with E-state index in [0.29, 0.717) is 24.7 Å². The highest BCUT2D eigenvalue weighted by Gasteiger charge is 2.48. The fourth-order valence-corrected chi connectivity index (χ4v) is 2.99. The second-order valence-electron chi connectivity index (χ2n) is 6.36. The first kappa shape index (κ1) is 19.8. The lowest BCUT2D eigenvalue weighted by Gasteiger charge is -2.30. The van der Waals surface area contributed by atoms with Gasteiger partial charge in [-0.05, 0) is 31.4 Å². The van der Waals surface area contributed by atoms with E-state index in [1.54, 1.807) is 6.08 Å². The van der Waals surface area contributed by atoms with Gasteiger partial charge >= 0.3 is 11.9 Å². The number of allylic oxidation sites excluding steroid dienone is 1. The van der Waals surface area contributed by atoms with Crippen molar-refractivity contribution in [2.45, 2.75) is 38.1 Å². The number of rotatable bonds is 4. The van der Waals surface area contributed by atoms with Gasteiger partial charge in [-0.2, -0.15) is 0 Å². The number of aldehydes is 1. The Hall–Kier alpha value is -2.51. The van der Waals surface area contributed by atoms with Crippen LogP contribution >= 0.6 is 0 Å². The van der Waals surface area contributed by atoms with Crippen molar-refractivity contribution < 1.29 is 34.1 Å². The third-order valence-corrected chi connectivity index (χ3v) is 4.44. The van der Waals surface area contributed by atoms with Gasteiger partial charge in [-0.25, -0.2) is 9.59 Å². The van der Waals surface area contributed by atoms with E-state index in [-0.39, 0.29) is 23.3 Å². The predicted molar refractivity (Wildman–Crippen MR) is 91.8 cm³/mol. The minimum absolute atomic E-state index is 0.0212. The molecule has 140 valence electrons. The number of aliphatic hydroxyl groups is 2. The zero-order valence-electron chi connectivity index (χ0n) is 14.5. The van der Waals surface area contributed by atoms with Crippen LogP contribution in [-0.2, 0) is 23.9 Å². The van der Waals surface area contributed by atoms with E-state index in [2.05, 4.69) is 13.2 Å². The van der Waals surface area contributed by atoms with E-state index in [0.717, 1.165) is 0 Å². The van der Waals surface area contributed by atoms with Crippen molar-refractivity contribution in [1.82, 2.24) is 0 Å². The fourth-order valence-electron chi connectivity index (χ4n) is 2.99. The molecule has 4 atom stereocenters. The van der Waals surface area contributed by atoms with Crippen molar-refractivity contribution in [3.05, 3.63) is 47.6 Å². The third kappa shape index (κ3) is 4.00. The normalized spacial score (nSPS) is 31.0. The van der Waals surface area contributed by atoms with Crippen molar-refractivity contribution in [1.29, 1.82) is 0 Å². The Kier molecular flexibility index (Phi) is 6.28. The highest BCUT2D eigenvalue weighted by molar-refractivity contribution is 5.92. The van der Waals surface area contributed by atoms with Crippen molar-refractivity contribution in [3.8, 4) is 0 Å². The summed E-state index contributed by atoms with van der Waals surface area (Å²) in [5, 5.41) is 20.2. The Morgan fingerprint density at radius 1 is 1.50 bits per heavy atom. The molecule has 2 rings (SSSR count). The molecule has 1 aliphatic carbocycles. The van der Waals surface area contributed by atoms with Crippen LogP contribution in [0.5, 0.6) is 0 Å². The summed E-state index contributed by atoms with van der Waals surface area (Å²) in [7, 11) is 0. The summed E-state index contributed by atoms with van der Waals surface area (Å²) in [4.78, 5) is 35.5. The number of hydrogen-bond donors (Lipinski definition) is 2. The molecule has 0 saturated carbocycles. The number of esters is 2. The lowest BCUT2D eigenvalue weighted by Crippen LogP contribution is -2.43. The number of fused-ring (bicyclic) bond motifs is 1. The highest BCUT2D eigenvalue weighted by atomic mass is 16.6. The van der Waals surface area contributed by atoms with E-state index in [9.17, 15) is 24.6 Å². The van der Waals surface area contributed by atoms with Gasteiger partial charge in [-0.3, -0.25) is 4.79 Å². The summed E-state index contributed by atoms with van der Waals surface area (Å²) in [5.74, 6) is -2.36. The number of carbonyl (C=O) groups is 3. The van der Waals surface area contributed by atoms with Gasteiger partial charge in [-0.1, -0.05) is 19.2 Å². The predicted octanol–water partition coefficient (Wildman–Crippen LogP) is 0.771. The second kappa shape index (κ2) is 8.25. The summed E-state index contributed by atoms with van der Waals surface area (Å²) < 4.78 is 10.6. The molecule has 7 nitrogen and oxygen atoms in total. The molecule has 0 aromatic heterocycles. The third-order valence-electron chi connectivity index (χ3n) is 4.44. The van der Waals surface area contributed by atoms with E-state index < -0.39 is 36.2 Å². The van der Waals surface area contributed by atoms with Gasteiger partial charge in [0.15, 0.2) is 0 Å². The average molecular weight is 362 g/mol. The first-order valence-electron chi connectivity index (χ1n) is 8.20. The van der Waals surface area contributed by atoms with Gasteiger partial charge in [0.1, 0.15) is 24.6 Å². The van der Waals surface area contributed by atoms with Crippen molar-refractivity contribution >= 4 is 18.2 Å². The second-order valence-corrected chi connectivity index (χ2v) is 6.36. The summed E-state index contributed by atoms with van der Waals surface area (Å²) >= 11 is 0. The van der Waals surface area contributed by atoms with Crippen LogP contribution in [0.3, 0.4) is 0 Å². The number of carbonyl (C=O) groups excluding carboxylic acids is 3. The van der Waals surface area contributed by atoms with Crippen LogP contribution in [0.15, 0.2) is 47.6 Å². The standard InChI is InChI=1S/C19H22O7/c1-10(2)18(23)26-17-15-11(3)19(24)25-14(15)7-12(8-20)5-4-6-13(9-21)16(17)22/h6-7,9,14-17,20,22H,1,3-5,8H2,2H3/b12-7?,13-6-/t14-,15+,16-,17+/m1/s1. The zero-order chi connectivity index (χ0) is 19.4. The fraction of sp³-hybridized carbons (Fsp3) is 0.421. The Labute approximate surface area is 151 Å². The molecule has 1 aliphatic heterocycles. The molecule has 1 fully saturated rings. The van der Waals surface area contributed by atoms with Crippen molar-refractivity contribution in [2.75, 3.05) is 6.61 Å². The van der Waals surface area contributed by atoms with Crippen molar-refractivity contribution in [3.63, 3.8) is 0 Å². The van der Waals surface area contributed by atoms with Crippen LogP contribution in [0.4, 0.5) is 0 Å². The Bertz CT molecular complexity index is 701. The molecular formula is C19H22O7. The van der Waals surface area contributed by atoms with Crippen LogP contribution in [0.25, 0.3) is 0 Å². The van der Waals surface area contributed by atoms with Gasteiger partial charge in [0, 0.05) is 16.7 Å². The van der Waals surface area contributed by atoms with E-state index in [4.69, 9.17) is 9.47 Å². The maximum atomic E-state index is 12.0. The molecular weight excluding hydrogens is 340 g/mol. The average Bonchev–Trinajstić information content (AvgIpc) is 2.88. The van der Waals surface area contributed by atoms with Crippen LogP contribution in [0.1, 0.15) is 19.8 Å². The van der Waals surface area contributed by atoms with Crippen LogP contribution in [0.2, 0.25) is 0 Å². The number of ether oxygens (including phenoxy) is 2. The number of aliphatic hydroxyl groups excluding tert-OH is 2. The van der Waals surface area contributed by atoms with Gasteiger partial charge in [-0.15, -0.1) is 0 Å². The lowest BCUT2D eigenvalue weighted by atomic mass is 9.83. The van der Waals surface area contributed by atoms with Crippen LogP contribution in [-0.4, -0.2) is 53.4 Å². The molecule has 7 heteroatoms. The summed E-state index contributed by atoms with van der Waals surface area (Å²) in [5.41, 5.74) is 0.748. The molecule has 0 aromatic rings. The maximum absolute atomic E-state index is 12.0. The molecule has 0 aromatic carbocycles. The quantitative estimate of drug-likeness (QED) is 0.329. The first-order valence-corrected chi connectivity index (χ1v) is 8.20. The monoisotopic (exact) mass is 362 g/mol.